The maximum atomic E-state index is 13.4. The third-order valence-corrected chi connectivity index (χ3v) is 12.4. The summed E-state index contributed by atoms with van der Waals surface area (Å²) < 4.78 is 34.7. The van der Waals surface area contributed by atoms with E-state index in [2.05, 4.69) is 38.0 Å². The van der Waals surface area contributed by atoms with Crippen LogP contribution in [0.1, 0.15) is 15.9 Å². The monoisotopic (exact) mass is 842 g/mol. The average Bonchev–Trinajstić information content (AvgIpc) is 3.22. The molecule has 0 saturated carbocycles. The van der Waals surface area contributed by atoms with Gasteiger partial charge in [0, 0.05) is 72.3 Å². The van der Waals surface area contributed by atoms with Gasteiger partial charge in [0.1, 0.15) is 5.69 Å². The van der Waals surface area contributed by atoms with Crippen molar-refractivity contribution < 1.29 is 22.9 Å². The third-order valence-electron chi connectivity index (χ3n) is 9.69. The number of halogens is 1. The lowest BCUT2D eigenvalue weighted by Crippen LogP contribution is -2.46. The Bertz CT molecular complexity index is 2260. The van der Waals surface area contributed by atoms with Crippen molar-refractivity contribution in [2.24, 2.45) is 0 Å². The second kappa shape index (κ2) is 20.1. The lowest BCUT2D eigenvalue weighted by Gasteiger charge is -2.36. The molecule has 304 valence electrons. The highest BCUT2D eigenvalue weighted by molar-refractivity contribution is 7.99. The molecule has 1 amide bonds. The maximum absolute atomic E-state index is 13.4. The molecule has 1 aliphatic heterocycles. The number of rotatable bonds is 18. The molecule has 1 heterocycles. The van der Waals surface area contributed by atoms with Gasteiger partial charge < -0.3 is 19.9 Å². The molecular weight excluding hydrogens is 796 g/mol. The Balaban J connectivity index is 1.06. The van der Waals surface area contributed by atoms with Gasteiger partial charge in [-0.05, 0) is 91.4 Å². The van der Waals surface area contributed by atoms with Gasteiger partial charge in [-0.1, -0.05) is 66.2 Å². The van der Waals surface area contributed by atoms with Crippen molar-refractivity contribution in [2.45, 2.75) is 22.4 Å². The first-order valence-electron chi connectivity index (χ1n) is 18.9. The van der Waals surface area contributed by atoms with Crippen LogP contribution in [-0.2, 0) is 21.3 Å². The van der Waals surface area contributed by atoms with Crippen LogP contribution in [0.25, 0.3) is 11.1 Å². The summed E-state index contributed by atoms with van der Waals surface area (Å²) in [6.45, 7) is 5.51. The highest BCUT2D eigenvalue weighted by Crippen LogP contribution is 2.30. The van der Waals surface area contributed by atoms with Crippen LogP contribution in [0.15, 0.2) is 131 Å². The standard InChI is InChI=1S/C43H47ClN6O6S2/c1-47(2)26-27-56-30-36(31-57-38-9-4-3-5-10-38)45-41-21-20-39(28-42(41)50(52)53)58(54,55)46-43(51)33-14-18-37(19-15-33)49-24-22-48(23-25-49)29-34-8-6-7-11-40(34)32-12-16-35(44)17-13-32/h3-21,28,36,45H,22-27,29-31H2,1-2H3,(H,46,51)/t36-/m1/s1. The quantitative estimate of drug-likeness (QED) is 0.0393. The summed E-state index contributed by atoms with van der Waals surface area (Å²) in [5.41, 5.74) is 4.31. The summed E-state index contributed by atoms with van der Waals surface area (Å²) in [5, 5.41) is 16.1. The van der Waals surface area contributed by atoms with Gasteiger partial charge in [0.05, 0.1) is 29.1 Å². The van der Waals surface area contributed by atoms with Crippen molar-refractivity contribution in [1.82, 2.24) is 14.5 Å². The molecule has 0 unspecified atom stereocenters. The molecule has 5 aromatic rings. The predicted molar refractivity (Wildman–Crippen MR) is 233 cm³/mol. The topological polar surface area (TPSA) is 137 Å². The first-order chi connectivity index (χ1) is 27.9. The van der Waals surface area contributed by atoms with Gasteiger partial charge in [-0.25, -0.2) is 13.1 Å². The zero-order valence-electron chi connectivity index (χ0n) is 32.4. The van der Waals surface area contributed by atoms with Crippen LogP contribution in [0, 0.1) is 10.1 Å². The molecule has 1 saturated heterocycles. The molecule has 5 aromatic carbocycles. The molecule has 0 aliphatic carbocycles. The summed E-state index contributed by atoms with van der Waals surface area (Å²) in [4.78, 5) is 32.0. The molecule has 0 bridgehead atoms. The zero-order chi connectivity index (χ0) is 41.1. The molecule has 1 fully saturated rings. The van der Waals surface area contributed by atoms with Crippen molar-refractivity contribution in [3.05, 3.63) is 148 Å². The van der Waals surface area contributed by atoms with E-state index in [0.29, 0.717) is 23.9 Å². The molecule has 0 spiro atoms. The van der Waals surface area contributed by atoms with Gasteiger partial charge in [0.2, 0.25) is 0 Å². The van der Waals surface area contributed by atoms with E-state index in [4.69, 9.17) is 16.3 Å². The van der Waals surface area contributed by atoms with Crippen LogP contribution in [0.5, 0.6) is 0 Å². The Kier molecular flexibility index (Phi) is 14.8. The van der Waals surface area contributed by atoms with Gasteiger partial charge in [-0.15, -0.1) is 11.8 Å². The van der Waals surface area contributed by atoms with Gasteiger partial charge in [0.25, 0.3) is 21.6 Å². The van der Waals surface area contributed by atoms with Gasteiger partial charge >= 0.3 is 0 Å². The van der Waals surface area contributed by atoms with E-state index in [1.165, 1.54) is 23.3 Å². The van der Waals surface area contributed by atoms with E-state index in [1.54, 1.807) is 36.0 Å². The Morgan fingerprint density at radius 2 is 1.60 bits per heavy atom. The summed E-state index contributed by atoms with van der Waals surface area (Å²) in [5.74, 6) is -0.303. The highest BCUT2D eigenvalue weighted by atomic mass is 35.5. The van der Waals surface area contributed by atoms with Crippen molar-refractivity contribution in [1.29, 1.82) is 0 Å². The van der Waals surface area contributed by atoms with Crippen LogP contribution < -0.4 is 14.9 Å². The van der Waals surface area contributed by atoms with Crippen LogP contribution in [0.3, 0.4) is 0 Å². The minimum Gasteiger partial charge on any atom is -0.378 e. The number of likely N-dealkylation sites (N-methyl/N-ethyl adjacent to an activating group) is 1. The third kappa shape index (κ3) is 11.8. The van der Waals surface area contributed by atoms with E-state index in [-0.39, 0.29) is 23.9 Å². The molecule has 12 nitrogen and oxygen atoms in total. The number of hydrogen-bond donors (Lipinski definition) is 2. The number of anilines is 2. The van der Waals surface area contributed by atoms with Crippen LogP contribution in [0.2, 0.25) is 5.02 Å². The Hall–Kier alpha value is -4.96. The smallest absolute Gasteiger partial charge is 0.293 e. The molecule has 2 N–H and O–H groups in total. The fourth-order valence-electron chi connectivity index (χ4n) is 6.53. The van der Waals surface area contributed by atoms with E-state index in [1.807, 2.05) is 79.7 Å². The number of amides is 1. The number of carbonyl (C=O) groups is 1. The number of sulfonamides is 1. The van der Waals surface area contributed by atoms with Crippen molar-refractivity contribution in [2.75, 3.05) is 76.0 Å². The van der Waals surface area contributed by atoms with Gasteiger partial charge in [-0.2, -0.15) is 0 Å². The molecule has 15 heteroatoms. The average molecular weight is 843 g/mol. The zero-order valence-corrected chi connectivity index (χ0v) is 34.8. The molecule has 0 radical (unpaired) electrons. The van der Waals surface area contributed by atoms with Crippen LogP contribution in [-0.4, -0.2) is 101 Å². The molecule has 0 aromatic heterocycles. The number of nitro groups is 1. The second-order valence-corrected chi connectivity index (χ2v) is 17.4. The maximum Gasteiger partial charge on any atom is 0.293 e. The number of nitro benzene ring substituents is 1. The van der Waals surface area contributed by atoms with E-state index >= 15 is 0 Å². The van der Waals surface area contributed by atoms with Crippen LogP contribution in [0.4, 0.5) is 17.1 Å². The summed E-state index contributed by atoms with van der Waals surface area (Å²) >= 11 is 7.69. The van der Waals surface area contributed by atoms with Crippen molar-refractivity contribution in [3.63, 3.8) is 0 Å². The Morgan fingerprint density at radius 3 is 2.29 bits per heavy atom. The number of piperazine rings is 1. The van der Waals surface area contributed by atoms with Gasteiger partial charge in [0.15, 0.2) is 0 Å². The molecule has 6 rings (SSSR count). The number of carbonyl (C=O) groups excluding carboxylic acids is 1. The normalized spacial score (nSPS) is 14.0. The van der Waals surface area contributed by atoms with Crippen molar-refractivity contribution >= 4 is 56.4 Å². The number of nitrogens with zero attached hydrogens (tertiary/aromatic N) is 4. The predicted octanol–water partition coefficient (Wildman–Crippen LogP) is 7.51. The largest absolute Gasteiger partial charge is 0.378 e. The summed E-state index contributed by atoms with van der Waals surface area (Å²) in [6.07, 6.45) is 0. The SMILES string of the molecule is CN(C)CCOC[C@H](CSc1ccccc1)Nc1ccc(S(=O)(=O)NC(=O)c2ccc(N3CCN(Cc4ccccc4-c4ccc(Cl)cc4)CC3)cc2)cc1[N+](=O)[O-]. The lowest BCUT2D eigenvalue weighted by atomic mass is 9.99. The minimum atomic E-state index is -4.45. The minimum absolute atomic E-state index is 0.143. The van der Waals surface area contributed by atoms with Crippen molar-refractivity contribution in [3.8, 4) is 11.1 Å². The van der Waals surface area contributed by atoms with Gasteiger partial charge in [-0.3, -0.25) is 19.8 Å². The van der Waals surface area contributed by atoms with E-state index in [0.717, 1.165) is 54.9 Å². The second-order valence-electron chi connectivity index (χ2n) is 14.2. The van der Waals surface area contributed by atoms with E-state index < -0.39 is 31.4 Å². The fraction of sp³-hybridized carbons (Fsp3) is 0.279. The number of thioether (sulfide) groups is 1. The molecule has 1 atom stereocenters. The first-order valence-corrected chi connectivity index (χ1v) is 21.7. The van der Waals surface area contributed by atoms with E-state index in [9.17, 15) is 23.3 Å². The summed E-state index contributed by atoms with van der Waals surface area (Å²) in [6, 6.07) is 36.0. The summed E-state index contributed by atoms with van der Waals surface area (Å²) in [7, 11) is -0.570. The number of benzene rings is 5. The first kappa shape index (κ1) is 42.6. The Morgan fingerprint density at radius 1 is 0.914 bits per heavy atom. The lowest BCUT2D eigenvalue weighted by molar-refractivity contribution is -0.384. The fourth-order valence-corrected chi connectivity index (χ4v) is 8.57. The van der Waals surface area contributed by atoms with Crippen LogP contribution >= 0.6 is 23.4 Å². The number of nitrogens with one attached hydrogen (secondary N) is 2. The molecular formula is C43H47ClN6O6S2. The Labute approximate surface area is 349 Å². The molecule has 58 heavy (non-hydrogen) atoms. The number of ether oxygens (including phenoxy) is 1. The number of hydrogen-bond acceptors (Lipinski definition) is 11. The molecule has 1 aliphatic rings. The highest BCUT2D eigenvalue weighted by Gasteiger charge is 2.26.